The van der Waals surface area contributed by atoms with Crippen molar-refractivity contribution in [1.82, 2.24) is 4.98 Å². The van der Waals surface area contributed by atoms with E-state index in [1.54, 1.807) is 12.4 Å². The first-order valence-electron chi connectivity index (χ1n) is 9.29. The molecular weight excluding hydrogens is 530 g/mol. The van der Waals surface area contributed by atoms with E-state index in [0.29, 0.717) is 6.42 Å². The monoisotopic (exact) mass is 563 g/mol. The predicted octanol–water partition coefficient (Wildman–Crippen LogP) is 3.26. The van der Waals surface area contributed by atoms with Gasteiger partial charge in [-0.25, -0.2) is 0 Å². The molecule has 28 heavy (non-hydrogen) atoms. The SMILES string of the molecule is CC(C)(C)C(O)CC(O)C(C)(C)C.[B][n+]1ccc[c-]c1-c1ncccc1C.[Pt]. The van der Waals surface area contributed by atoms with Crippen molar-refractivity contribution in [3.63, 3.8) is 0 Å². The van der Waals surface area contributed by atoms with Crippen molar-refractivity contribution in [2.45, 2.75) is 67.1 Å². The molecule has 0 saturated heterocycles. The summed E-state index contributed by atoms with van der Waals surface area (Å²) in [6, 6.07) is 10.6. The molecule has 0 saturated carbocycles. The van der Waals surface area contributed by atoms with E-state index in [4.69, 9.17) is 7.98 Å². The molecular formula is C22H33BN2O2Pt. The van der Waals surface area contributed by atoms with Gasteiger partial charge in [-0.1, -0.05) is 59.2 Å². The smallest absolute Gasteiger partial charge is 0.392 e. The van der Waals surface area contributed by atoms with Gasteiger partial charge in [0.25, 0.3) is 0 Å². The quantitative estimate of drug-likeness (QED) is 0.446. The van der Waals surface area contributed by atoms with E-state index >= 15 is 0 Å². The number of nitrogens with zero attached hydrogens (tertiary/aromatic N) is 2. The Morgan fingerprint density at radius 1 is 1.07 bits per heavy atom. The van der Waals surface area contributed by atoms with Crippen LogP contribution in [-0.4, -0.2) is 35.4 Å². The molecule has 2 aromatic heterocycles. The van der Waals surface area contributed by atoms with Gasteiger partial charge in [0.2, 0.25) is 0 Å². The van der Waals surface area contributed by atoms with Crippen LogP contribution in [0.3, 0.4) is 0 Å². The summed E-state index contributed by atoms with van der Waals surface area (Å²) in [7, 11) is 5.77. The van der Waals surface area contributed by atoms with Gasteiger partial charge in [-0.15, -0.1) is 6.07 Å². The number of aromatic nitrogens is 2. The summed E-state index contributed by atoms with van der Waals surface area (Å²) in [6.45, 7) is 13.9. The summed E-state index contributed by atoms with van der Waals surface area (Å²) in [5.41, 5.74) is 2.47. The third-order valence-corrected chi connectivity index (χ3v) is 4.50. The minimum Gasteiger partial charge on any atom is -0.392 e. The van der Waals surface area contributed by atoms with E-state index in [9.17, 15) is 10.2 Å². The molecule has 0 bridgehead atoms. The maximum absolute atomic E-state index is 9.76. The summed E-state index contributed by atoms with van der Waals surface area (Å²) in [5.74, 6) is 0. The number of aryl methyl sites for hydroxylation is 1. The minimum absolute atomic E-state index is 0. The van der Waals surface area contributed by atoms with Crippen LogP contribution in [0.4, 0.5) is 0 Å². The molecule has 2 rings (SSSR count). The molecule has 0 aliphatic heterocycles. The molecule has 0 amide bonds. The number of aliphatic hydroxyl groups is 2. The molecule has 2 N–H and O–H groups in total. The number of hydrogen-bond donors (Lipinski definition) is 2. The molecule has 2 aromatic rings. The normalized spacial score (nSPS) is 13.6. The van der Waals surface area contributed by atoms with Gasteiger partial charge in [-0.05, 0) is 23.8 Å². The van der Waals surface area contributed by atoms with Crippen LogP contribution in [-0.2, 0) is 21.1 Å². The van der Waals surface area contributed by atoms with E-state index in [1.807, 2.05) is 72.7 Å². The summed E-state index contributed by atoms with van der Waals surface area (Å²) in [6.07, 6.45) is 3.10. The van der Waals surface area contributed by atoms with Gasteiger partial charge < -0.3 is 19.7 Å². The number of aliphatic hydroxyl groups excluding tert-OH is 2. The Morgan fingerprint density at radius 2 is 1.61 bits per heavy atom. The third kappa shape index (κ3) is 8.55. The first kappa shape index (κ1) is 27.0. The molecule has 4 nitrogen and oxygen atoms in total. The zero-order valence-corrected chi connectivity index (χ0v) is 20.3. The van der Waals surface area contributed by atoms with Crippen LogP contribution in [0.1, 0.15) is 53.5 Å². The summed E-state index contributed by atoms with van der Waals surface area (Å²) in [4.78, 5) is 4.28. The average Bonchev–Trinajstić information content (AvgIpc) is 2.55. The van der Waals surface area contributed by atoms with Crippen LogP contribution in [0, 0.1) is 23.8 Å². The molecule has 156 valence electrons. The van der Waals surface area contributed by atoms with Gasteiger partial charge in [-0.2, -0.15) is 6.07 Å². The maximum Gasteiger partial charge on any atom is 0.584 e. The van der Waals surface area contributed by atoms with Gasteiger partial charge in [0, 0.05) is 39.4 Å². The van der Waals surface area contributed by atoms with Crippen molar-refractivity contribution in [3.8, 4) is 11.4 Å². The van der Waals surface area contributed by atoms with Crippen LogP contribution in [0.25, 0.3) is 11.4 Å². The van der Waals surface area contributed by atoms with Crippen LogP contribution in [0.5, 0.6) is 0 Å². The summed E-state index contributed by atoms with van der Waals surface area (Å²) < 4.78 is 1.52. The Hall–Kier alpha value is -1.03. The van der Waals surface area contributed by atoms with Crippen molar-refractivity contribution in [1.29, 1.82) is 0 Å². The van der Waals surface area contributed by atoms with Crippen LogP contribution in [0.15, 0.2) is 36.7 Å². The van der Waals surface area contributed by atoms with E-state index in [2.05, 4.69) is 11.1 Å². The molecule has 0 aromatic carbocycles. The van der Waals surface area contributed by atoms with Crippen molar-refractivity contribution < 1.29 is 35.8 Å². The Balaban J connectivity index is 0.000000505. The van der Waals surface area contributed by atoms with Crippen molar-refractivity contribution in [2.75, 3.05) is 0 Å². The second-order valence-corrected chi connectivity index (χ2v) is 9.08. The average molecular weight is 563 g/mol. The van der Waals surface area contributed by atoms with E-state index < -0.39 is 12.2 Å². The first-order valence-corrected chi connectivity index (χ1v) is 9.29. The van der Waals surface area contributed by atoms with Gasteiger partial charge in [-0.3, -0.25) is 0 Å². The Morgan fingerprint density at radius 3 is 2.04 bits per heavy atom. The second kappa shape index (κ2) is 11.2. The molecule has 0 aliphatic rings. The van der Waals surface area contributed by atoms with E-state index in [1.165, 1.54) is 4.48 Å². The molecule has 2 atom stereocenters. The fourth-order valence-corrected chi connectivity index (χ4v) is 2.25. The van der Waals surface area contributed by atoms with Crippen LogP contribution in [0.2, 0.25) is 0 Å². The summed E-state index contributed by atoms with van der Waals surface area (Å²) in [5, 5.41) is 19.5. The largest absolute Gasteiger partial charge is 0.584 e. The second-order valence-electron chi connectivity index (χ2n) is 9.08. The van der Waals surface area contributed by atoms with Gasteiger partial charge >= 0.3 is 7.98 Å². The molecule has 2 unspecified atom stereocenters. The van der Waals surface area contributed by atoms with Crippen LogP contribution >= 0.6 is 0 Å². The zero-order chi connectivity index (χ0) is 20.8. The van der Waals surface area contributed by atoms with Gasteiger partial charge in [0.1, 0.15) is 0 Å². The van der Waals surface area contributed by atoms with E-state index in [0.717, 1.165) is 17.0 Å². The summed E-state index contributed by atoms with van der Waals surface area (Å²) >= 11 is 0. The fraction of sp³-hybridized carbons (Fsp3) is 0.545. The molecule has 6 heteroatoms. The molecule has 0 spiro atoms. The zero-order valence-electron chi connectivity index (χ0n) is 18.0. The Bertz CT molecular complexity index is 665. The minimum atomic E-state index is -0.443. The topological polar surface area (TPSA) is 57.2 Å². The first-order chi connectivity index (χ1) is 12.3. The molecule has 0 aliphatic carbocycles. The number of rotatable bonds is 3. The third-order valence-electron chi connectivity index (χ3n) is 4.50. The van der Waals surface area contributed by atoms with E-state index in [-0.39, 0.29) is 31.9 Å². The Kier molecular flexibility index (Phi) is 10.8. The molecule has 2 radical (unpaired) electrons. The fourth-order valence-electron chi connectivity index (χ4n) is 2.25. The number of pyridine rings is 2. The maximum atomic E-state index is 9.76. The van der Waals surface area contributed by atoms with Crippen molar-refractivity contribution in [2.24, 2.45) is 10.8 Å². The predicted molar refractivity (Wildman–Crippen MR) is 110 cm³/mol. The molecule has 2 heterocycles. The molecule has 0 fully saturated rings. The van der Waals surface area contributed by atoms with Crippen molar-refractivity contribution >= 4 is 7.98 Å². The van der Waals surface area contributed by atoms with Crippen LogP contribution < -0.4 is 4.48 Å². The van der Waals surface area contributed by atoms with Crippen molar-refractivity contribution in [3.05, 3.63) is 48.3 Å². The van der Waals surface area contributed by atoms with Gasteiger partial charge in [0.15, 0.2) is 0 Å². The standard InChI is InChI=1S/C11H9BN2.C11H24O2.Pt/c1-9-5-4-7-13-11(9)10-6-2-3-8-14(10)12;1-10(2,3)8(12)7-9(13)11(4,5)6;/h2-5,7-8H,1H3;8-9,12-13H,7H2,1-6H3;. The van der Waals surface area contributed by atoms with Gasteiger partial charge in [0.05, 0.1) is 24.1 Å². The number of hydrogen-bond acceptors (Lipinski definition) is 3. The Labute approximate surface area is 186 Å².